The van der Waals surface area contributed by atoms with E-state index < -0.39 is 5.97 Å². The van der Waals surface area contributed by atoms with Gasteiger partial charge < -0.3 is 19.8 Å². The van der Waals surface area contributed by atoms with Gasteiger partial charge in [-0.25, -0.2) is 14.3 Å². The molecule has 0 radical (unpaired) electrons. The smallest absolute Gasteiger partial charge is 0.374 e. The van der Waals surface area contributed by atoms with Crippen molar-refractivity contribution in [3.8, 4) is 11.3 Å². The van der Waals surface area contributed by atoms with Gasteiger partial charge in [-0.05, 0) is 62.7 Å². The van der Waals surface area contributed by atoms with Crippen molar-refractivity contribution < 1.29 is 13.9 Å². The number of carbonyl (C=O) groups excluding carboxylic acids is 1. The monoisotopic (exact) mass is 405 g/mol. The number of rotatable bonds is 5. The summed E-state index contributed by atoms with van der Waals surface area (Å²) in [4.78, 5) is 16.4. The third-order valence-corrected chi connectivity index (χ3v) is 5.30. The fraction of sp³-hybridized carbons (Fsp3) is 0.318. The lowest BCUT2D eigenvalue weighted by Gasteiger charge is -2.24. The Balaban J connectivity index is 1.48. The number of aromatic nitrogens is 3. The Bertz CT molecular complexity index is 1210. The van der Waals surface area contributed by atoms with Gasteiger partial charge in [0.2, 0.25) is 5.76 Å². The average molecular weight is 405 g/mol. The highest BCUT2D eigenvalue weighted by atomic mass is 16.5. The van der Waals surface area contributed by atoms with Gasteiger partial charge in [-0.3, -0.25) is 0 Å². The van der Waals surface area contributed by atoms with Crippen molar-refractivity contribution in [2.75, 3.05) is 25.0 Å². The molecule has 4 heterocycles. The lowest BCUT2D eigenvalue weighted by Crippen LogP contribution is -2.38. The Morgan fingerprint density at radius 2 is 2.27 bits per heavy atom. The number of hydrogen-bond acceptors (Lipinski definition) is 7. The van der Waals surface area contributed by atoms with E-state index in [1.165, 1.54) is 0 Å². The maximum atomic E-state index is 12.0. The van der Waals surface area contributed by atoms with Gasteiger partial charge in [0, 0.05) is 23.5 Å². The summed E-state index contributed by atoms with van der Waals surface area (Å²) in [6, 6.07) is 11.8. The fourth-order valence-corrected chi connectivity index (χ4v) is 3.84. The third kappa shape index (κ3) is 3.50. The molecule has 0 spiro atoms. The van der Waals surface area contributed by atoms with Gasteiger partial charge in [0.1, 0.15) is 11.4 Å². The van der Waals surface area contributed by atoms with Crippen LogP contribution in [0.1, 0.15) is 30.3 Å². The summed E-state index contributed by atoms with van der Waals surface area (Å²) < 4.78 is 12.5. The number of furan rings is 1. The van der Waals surface area contributed by atoms with Crippen molar-refractivity contribution in [1.82, 2.24) is 19.9 Å². The first-order chi connectivity index (χ1) is 14.7. The number of nitrogens with one attached hydrogen (secondary N) is 2. The largest absolute Gasteiger partial charge is 0.460 e. The van der Waals surface area contributed by atoms with Crippen LogP contribution in [0.25, 0.3) is 27.9 Å². The molecule has 154 valence electrons. The van der Waals surface area contributed by atoms with E-state index in [9.17, 15) is 4.79 Å². The lowest BCUT2D eigenvalue weighted by molar-refractivity contribution is 0.0492. The lowest BCUT2D eigenvalue weighted by atomic mass is 10.1. The summed E-state index contributed by atoms with van der Waals surface area (Å²) in [5.74, 6) is 0.567. The van der Waals surface area contributed by atoms with Crippen molar-refractivity contribution >= 4 is 28.4 Å². The molecule has 1 aliphatic heterocycles. The molecule has 5 rings (SSSR count). The van der Waals surface area contributed by atoms with E-state index in [0.29, 0.717) is 18.2 Å². The van der Waals surface area contributed by atoms with Gasteiger partial charge in [0.15, 0.2) is 5.65 Å². The second kappa shape index (κ2) is 7.79. The number of ether oxygens (including phenoxy) is 1. The Morgan fingerprint density at radius 3 is 3.10 bits per heavy atom. The van der Waals surface area contributed by atoms with Crippen LogP contribution in [-0.2, 0) is 4.74 Å². The summed E-state index contributed by atoms with van der Waals surface area (Å²) in [6.45, 7) is 4.09. The molecule has 2 N–H and O–H groups in total. The summed E-state index contributed by atoms with van der Waals surface area (Å²) in [7, 11) is 0. The molecule has 1 aliphatic rings. The summed E-state index contributed by atoms with van der Waals surface area (Å²) >= 11 is 0. The summed E-state index contributed by atoms with van der Waals surface area (Å²) in [5.41, 5.74) is 3.22. The Labute approximate surface area is 173 Å². The molecule has 1 atom stereocenters. The van der Waals surface area contributed by atoms with Crippen molar-refractivity contribution in [3.63, 3.8) is 0 Å². The van der Waals surface area contributed by atoms with E-state index in [1.54, 1.807) is 13.0 Å². The first-order valence-electron chi connectivity index (χ1n) is 10.2. The van der Waals surface area contributed by atoms with E-state index in [2.05, 4.69) is 15.6 Å². The quantitative estimate of drug-likeness (QED) is 0.491. The molecule has 1 unspecified atom stereocenters. The molecule has 0 bridgehead atoms. The number of esters is 1. The average Bonchev–Trinajstić information content (AvgIpc) is 3.38. The van der Waals surface area contributed by atoms with Gasteiger partial charge in [-0.1, -0.05) is 0 Å². The van der Waals surface area contributed by atoms with Gasteiger partial charge in [-0.15, -0.1) is 5.10 Å². The van der Waals surface area contributed by atoms with Crippen LogP contribution in [0.5, 0.6) is 0 Å². The van der Waals surface area contributed by atoms with E-state index in [4.69, 9.17) is 14.3 Å². The zero-order valence-corrected chi connectivity index (χ0v) is 16.7. The number of anilines is 1. The van der Waals surface area contributed by atoms with Crippen molar-refractivity contribution in [3.05, 3.63) is 48.4 Å². The Morgan fingerprint density at radius 1 is 1.33 bits per heavy atom. The predicted octanol–water partition coefficient (Wildman–Crippen LogP) is 3.48. The highest BCUT2D eigenvalue weighted by Crippen LogP contribution is 2.28. The van der Waals surface area contributed by atoms with Crippen LogP contribution in [0.15, 0.2) is 47.0 Å². The zero-order chi connectivity index (χ0) is 20.5. The maximum Gasteiger partial charge on any atom is 0.374 e. The minimum absolute atomic E-state index is 0.202. The number of fused-ring (bicyclic) bond motifs is 2. The van der Waals surface area contributed by atoms with Crippen LogP contribution in [0.4, 0.5) is 5.82 Å². The van der Waals surface area contributed by atoms with E-state index in [-0.39, 0.29) is 5.76 Å². The van der Waals surface area contributed by atoms with Crippen molar-refractivity contribution in [2.24, 2.45) is 0 Å². The fourth-order valence-electron chi connectivity index (χ4n) is 3.84. The molecule has 1 aromatic carbocycles. The van der Waals surface area contributed by atoms with Gasteiger partial charge in [-0.2, -0.15) is 0 Å². The standard InChI is InChI=1S/C22H23N5O3/c1-2-29-22(28)19-11-15-10-14(5-6-18(15)30-19)17-13-24-21-8-7-20(26-27(17)21)25-16-4-3-9-23-12-16/h5-8,10-11,13,16,23H,2-4,9,12H2,1H3,(H,25,26). The second-order valence-electron chi connectivity index (χ2n) is 7.40. The topological polar surface area (TPSA) is 93.7 Å². The maximum absolute atomic E-state index is 12.0. The SMILES string of the molecule is CCOC(=O)c1cc2cc(-c3cnc4ccc(NC5CCCNC5)nn34)ccc2o1. The van der Waals surface area contributed by atoms with Gasteiger partial charge in [0.05, 0.1) is 18.5 Å². The molecule has 0 saturated carbocycles. The number of carbonyl (C=O) groups is 1. The zero-order valence-electron chi connectivity index (χ0n) is 16.7. The van der Waals surface area contributed by atoms with Crippen LogP contribution in [0.3, 0.4) is 0 Å². The van der Waals surface area contributed by atoms with Crippen LogP contribution < -0.4 is 10.6 Å². The number of piperidine rings is 1. The molecule has 0 amide bonds. The Hall–Kier alpha value is -3.39. The van der Waals surface area contributed by atoms with Crippen molar-refractivity contribution in [2.45, 2.75) is 25.8 Å². The van der Waals surface area contributed by atoms with Gasteiger partial charge in [0.25, 0.3) is 0 Å². The number of imidazole rings is 1. The minimum Gasteiger partial charge on any atom is -0.460 e. The normalized spacial score (nSPS) is 16.8. The molecule has 3 aromatic heterocycles. The molecular formula is C22H23N5O3. The van der Waals surface area contributed by atoms with Gasteiger partial charge >= 0.3 is 5.97 Å². The molecule has 30 heavy (non-hydrogen) atoms. The molecular weight excluding hydrogens is 382 g/mol. The van der Waals surface area contributed by atoms with E-state index in [1.807, 2.05) is 41.0 Å². The number of hydrogen-bond donors (Lipinski definition) is 2. The minimum atomic E-state index is -0.459. The van der Waals surface area contributed by atoms with Crippen LogP contribution in [0, 0.1) is 0 Å². The highest BCUT2D eigenvalue weighted by Gasteiger charge is 2.16. The summed E-state index contributed by atoms with van der Waals surface area (Å²) in [5, 5.41) is 12.5. The molecule has 8 heteroatoms. The first kappa shape index (κ1) is 18.6. The molecule has 0 aliphatic carbocycles. The summed E-state index contributed by atoms with van der Waals surface area (Å²) in [6.07, 6.45) is 4.10. The third-order valence-electron chi connectivity index (χ3n) is 5.30. The van der Waals surface area contributed by atoms with E-state index >= 15 is 0 Å². The van der Waals surface area contributed by atoms with Crippen LogP contribution in [0.2, 0.25) is 0 Å². The number of nitrogens with zero attached hydrogens (tertiary/aromatic N) is 3. The molecule has 8 nitrogen and oxygen atoms in total. The second-order valence-corrected chi connectivity index (χ2v) is 7.40. The van der Waals surface area contributed by atoms with E-state index in [0.717, 1.165) is 54.0 Å². The first-order valence-corrected chi connectivity index (χ1v) is 10.2. The van der Waals surface area contributed by atoms with Crippen molar-refractivity contribution in [1.29, 1.82) is 0 Å². The Kier molecular flexibility index (Phi) is 4.84. The molecule has 1 fully saturated rings. The van der Waals surface area contributed by atoms with Crippen LogP contribution in [-0.4, -0.2) is 46.3 Å². The molecule has 1 saturated heterocycles. The van der Waals surface area contributed by atoms with Crippen LogP contribution >= 0.6 is 0 Å². The predicted molar refractivity (Wildman–Crippen MR) is 114 cm³/mol. The molecule has 4 aromatic rings. The number of benzene rings is 1. The highest BCUT2D eigenvalue weighted by molar-refractivity contribution is 5.93.